The van der Waals surface area contributed by atoms with E-state index in [0.717, 1.165) is 11.1 Å². The average molecular weight is 356 g/mol. The fraction of sp³-hybridized carbons (Fsp3) is 0.250. The van der Waals surface area contributed by atoms with Crippen molar-refractivity contribution >= 4 is 12.0 Å². The Hall–Kier alpha value is -3.15. The molecule has 0 fully saturated rings. The average Bonchev–Trinajstić information content (AvgIpc) is 2.70. The number of para-hydroxylation sites is 1. The fourth-order valence-corrected chi connectivity index (χ4v) is 2.57. The maximum absolute atomic E-state index is 12.0. The molecule has 26 heavy (non-hydrogen) atoms. The van der Waals surface area contributed by atoms with Gasteiger partial charge >= 0.3 is 5.97 Å². The van der Waals surface area contributed by atoms with Gasteiger partial charge in [-0.15, -0.1) is 0 Å². The molecule has 0 N–H and O–H groups in total. The second kappa shape index (κ2) is 8.29. The monoisotopic (exact) mass is 356 g/mol. The SMILES string of the molecule is COc1ccccc1COC(=O)/C=C/c1cc(OC)c2c(c1)OCCO2. The van der Waals surface area contributed by atoms with Crippen molar-refractivity contribution in [3.63, 3.8) is 0 Å². The smallest absolute Gasteiger partial charge is 0.331 e. The first-order chi connectivity index (χ1) is 12.7. The Morgan fingerprint density at radius 2 is 1.85 bits per heavy atom. The van der Waals surface area contributed by atoms with Gasteiger partial charge in [0.1, 0.15) is 25.6 Å². The van der Waals surface area contributed by atoms with Crippen LogP contribution in [0.1, 0.15) is 11.1 Å². The largest absolute Gasteiger partial charge is 0.496 e. The van der Waals surface area contributed by atoms with Crippen molar-refractivity contribution in [2.75, 3.05) is 27.4 Å². The number of methoxy groups -OCH3 is 2. The number of benzene rings is 2. The van der Waals surface area contributed by atoms with Crippen LogP contribution >= 0.6 is 0 Å². The van der Waals surface area contributed by atoms with Gasteiger partial charge in [0, 0.05) is 11.6 Å². The summed E-state index contributed by atoms with van der Waals surface area (Å²) in [4.78, 5) is 12.0. The van der Waals surface area contributed by atoms with E-state index in [4.69, 9.17) is 23.7 Å². The van der Waals surface area contributed by atoms with Gasteiger partial charge in [0.15, 0.2) is 11.5 Å². The Kier molecular flexibility index (Phi) is 5.63. The van der Waals surface area contributed by atoms with Gasteiger partial charge in [-0.05, 0) is 29.8 Å². The lowest BCUT2D eigenvalue weighted by atomic mass is 10.1. The molecule has 0 atom stereocenters. The van der Waals surface area contributed by atoms with Crippen LogP contribution in [-0.4, -0.2) is 33.4 Å². The summed E-state index contributed by atoms with van der Waals surface area (Å²) in [5.74, 6) is 1.96. The molecule has 0 aromatic heterocycles. The first-order valence-electron chi connectivity index (χ1n) is 8.15. The molecule has 1 aliphatic heterocycles. The molecule has 1 heterocycles. The number of hydrogen-bond acceptors (Lipinski definition) is 6. The van der Waals surface area contributed by atoms with Crippen LogP contribution in [0.2, 0.25) is 0 Å². The minimum absolute atomic E-state index is 0.137. The Morgan fingerprint density at radius 3 is 2.65 bits per heavy atom. The summed E-state index contributed by atoms with van der Waals surface area (Å²) < 4.78 is 27.0. The Labute approximate surface area is 151 Å². The van der Waals surface area contributed by atoms with E-state index in [-0.39, 0.29) is 6.61 Å². The van der Waals surface area contributed by atoms with E-state index < -0.39 is 5.97 Å². The zero-order valence-corrected chi connectivity index (χ0v) is 14.7. The molecule has 1 aliphatic rings. The molecule has 6 nitrogen and oxygen atoms in total. The molecule has 0 saturated heterocycles. The van der Waals surface area contributed by atoms with Crippen molar-refractivity contribution in [3.05, 3.63) is 53.6 Å². The van der Waals surface area contributed by atoms with E-state index in [2.05, 4.69) is 0 Å². The normalized spacial score (nSPS) is 12.7. The molecule has 0 amide bonds. The molecule has 0 saturated carbocycles. The maximum Gasteiger partial charge on any atom is 0.331 e. The molecule has 0 aliphatic carbocycles. The molecule has 0 spiro atoms. The van der Waals surface area contributed by atoms with Crippen LogP contribution in [-0.2, 0) is 16.1 Å². The first kappa shape index (κ1) is 17.7. The molecule has 2 aromatic rings. The zero-order valence-electron chi connectivity index (χ0n) is 14.7. The lowest BCUT2D eigenvalue weighted by Crippen LogP contribution is -2.16. The number of rotatable bonds is 6. The molecule has 0 radical (unpaired) electrons. The van der Waals surface area contributed by atoms with Crippen LogP contribution in [0.5, 0.6) is 23.0 Å². The van der Waals surface area contributed by atoms with Crippen molar-refractivity contribution in [1.82, 2.24) is 0 Å². The zero-order chi connectivity index (χ0) is 18.4. The number of carbonyl (C=O) groups excluding carboxylic acids is 1. The van der Waals surface area contributed by atoms with Gasteiger partial charge in [-0.2, -0.15) is 0 Å². The van der Waals surface area contributed by atoms with E-state index in [1.807, 2.05) is 24.3 Å². The standard InChI is InChI=1S/C20H20O6/c1-22-16-6-4-3-5-15(16)13-26-19(21)8-7-14-11-17(23-2)20-18(12-14)24-9-10-25-20/h3-8,11-12H,9-10,13H2,1-2H3/b8-7+. The van der Waals surface area contributed by atoms with Crippen molar-refractivity contribution in [2.45, 2.75) is 6.61 Å². The molecule has 2 aromatic carbocycles. The second-order valence-electron chi connectivity index (χ2n) is 5.50. The summed E-state index contributed by atoms with van der Waals surface area (Å²) in [6.07, 6.45) is 3.01. The van der Waals surface area contributed by atoms with Gasteiger partial charge in [-0.25, -0.2) is 4.79 Å². The summed E-state index contributed by atoms with van der Waals surface area (Å²) in [5.41, 5.74) is 1.55. The highest BCUT2D eigenvalue weighted by Gasteiger charge is 2.17. The number of hydrogen-bond donors (Lipinski definition) is 0. The van der Waals surface area contributed by atoms with E-state index >= 15 is 0 Å². The van der Waals surface area contributed by atoms with Crippen LogP contribution in [0.25, 0.3) is 6.08 Å². The molecule has 3 rings (SSSR count). The van der Waals surface area contributed by atoms with Crippen molar-refractivity contribution in [1.29, 1.82) is 0 Å². The Morgan fingerprint density at radius 1 is 1.08 bits per heavy atom. The van der Waals surface area contributed by atoms with Gasteiger partial charge in [0.2, 0.25) is 5.75 Å². The number of carbonyl (C=O) groups is 1. The lowest BCUT2D eigenvalue weighted by Gasteiger charge is -2.20. The third-order valence-corrected chi connectivity index (χ3v) is 3.82. The summed E-state index contributed by atoms with van der Waals surface area (Å²) in [7, 11) is 3.14. The molecule has 6 heteroatoms. The lowest BCUT2D eigenvalue weighted by molar-refractivity contribution is -0.138. The van der Waals surface area contributed by atoms with Crippen LogP contribution < -0.4 is 18.9 Å². The highest BCUT2D eigenvalue weighted by atomic mass is 16.6. The number of fused-ring (bicyclic) bond motifs is 1. The minimum Gasteiger partial charge on any atom is -0.496 e. The van der Waals surface area contributed by atoms with Crippen molar-refractivity contribution in [2.24, 2.45) is 0 Å². The molecule has 0 unspecified atom stereocenters. The minimum atomic E-state index is -0.454. The first-order valence-corrected chi connectivity index (χ1v) is 8.15. The highest BCUT2D eigenvalue weighted by Crippen LogP contribution is 2.40. The highest BCUT2D eigenvalue weighted by molar-refractivity contribution is 5.87. The maximum atomic E-state index is 12.0. The van der Waals surface area contributed by atoms with Gasteiger partial charge in [0.25, 0.3) is 0 Å². The van der Waals surface area contributed by atoms with Crippen LogP contribution in [0, 0.1) is 0 Å². The van der Waals surface area contributed by atoms with Crippen molar-refractivity contribution < 1.29 is 28.5 Å². The van der Waals surface area contributed by atoms with E-state index in [9.17, 15) is 4.79 Å². The topological polar surface area (TPSA) is 63.2 Å². The fourth-order valence-electron chi connectivity index (χ4n) is 2.57. The Bertz CT molecular complexity index is 795. The number of ether oxygens (including phenoxy) is 5. The van der Waals surface area contributed by atoms with Gasteiger partial charge in [-0.3, -0.25) is 0 Å². The number of esters is 1. The van der Waals surface area contributed by atoms with E-state index in [0.29, 0.717) is 36.2 Å². The van der Waals surface area contributed by atoms with Crippen LogP contribution in [0.15, 0.2) is 42.5 Å². The molecular formula is C20H20O6. The van der Waals surface area contributed by atoms with Crippen LogP contribution in [0.3, 0.4) is 0 Å². The molecule has 0 bridgehead atoms. The summed E-state index contributed by atoms with van der Waals surface area (Å²) >= 11 is 0. The van der Waals surface area contributed by atoms with Gasteiger partial charge < -0.3 is 23.7 Å². The van der Waals surface area contributed by atoms with E-state index in [1.54, 1.807) is 32.4 Å². The Balaban J connectivity index is 1.66. The third kappa shape index (κ3) is 4.08. The third-order valence-electron chi connectivity index (χ3n) is 3.82. The van der Waals surface area contributed by atoms with E-state index in [1.165, 1.54) is 6.08 Å². The summed E-state index contributed by atoms with van der Waals surface area (Å²) in [6.45, 7) is 1.09. The summed E-state index contributed by atoms with van der Waals surface area (Å²) in [6, 6.07) is 11.0. The molecular weight excluding hydrogens is 336 g/mol. The van der Waals surface area contributed by atoms with Gasteiger partial charge in [0.05, 0.1) is 14.2 Å². The quantitative estimate of drug-likeness (QED) is 0.585. The molecule has 136 valence electrons. The predicted molar refractivity (Wildman–Crippen MR) is 95.8 cm³/mol. The van der Waals surface area contributed by atoms with Crippen LogP contribution in [0.4, 0.5) is 0 Å². The second-order valence-corrected chi connectivity index (χ2v) is 5.50. The van der Waals surface area contributed by atoms with Crippen molar-refractivity contribution in [3.8, 4) is 23.0 Å². The summed E-state index contributed by atoms with van der Waals surface area (Å²) in [5, 5.41) is 0. The predicted octanol–water partition coefficient (Wildman–Crippen LogP) is 3.23. The van der Waals surface area contributed by atoms with Gasteiger partial charge in [-0.1, -0.05) is 18.2 Å².